The number of likely N-dealkylation sites (N-methyl/N-ethyl adjacent to an activating group) is 1. The Morgan fingerprint density at radius 1 is 1.27 bits per heavy atom. The van der Waals surface area contributed by atoms with Gasteiger partial charge >= 0.3 is 0 Å². The fourth-order valence-electron chi connectivity index (χ4n) is 3.01. The summed E-state index contributed by atoms with van der Waals surface area (Å²) >= 11 is 0. The molecule has 1 aliphatic rings. The smallest absolute Gasteiger partial charge is 0.245 e. The van der Waals surface area contributed by atoms with E-state index in [0.29, 0.717) is 19.6 Å². The van der Waals surface area contributed by atoms with Gasteiger partial charge in [0.2, 0.25) is 11.8 Å². The van der Waals surface area contributed by atoms with Crippen molar-refractivity contribution < 1.29 is 9.59 Å². The Kier molecular flexibility index (Phi) is 5.55. The van der Waals surface area contributed by atoms with E-state index in [1.807, 2.05) is 44.2 Å². The van der Waals surface area contributed by atoms with Crippen molar-refractivity contribution in [2.75, 3.05) is 19.6 Å². The number of carbonyl (C=O) groups is 2. The van der Waals surface area contributed by atoms with Gasteiger partial charge < -0.3 is 15.5 Å². The summed E-state index contributed by atoms with van der Waals surface area (Å²) in [5.74, 6) is -0.120. The van der Waals surface area contributed by atoms with Crippen LogP contribution in [0.2, 0.25) is 0 Å². The summed E-state index contributed by atoms with van der Waals surface area (Å²) in [5, 5.41) is 0. The van der Waals surface area contributed by atoms with E-state index >= 15 is 0 Å². The molecule has 2 atom stereocenters. The van der Waals surface area contributed by atoms with Gasteiger partial charge in [0.1, 0.15) is 12.1 Å². The first-order chi connectivity index (χ1) is 10.6. The second kappa shape index (κ2) is 7.40. The highest BCUT2D eigenvalue weighted by atomic mass is 16.2. The summed E-state index contributed by atoms with van der Waals surface area (Å²) in [7, 11) is 0. The molecular formula is C17H25N3O2. The fourth-order valence-corrected chi connectivity index (χ4v) is 3.01. The molecule has 0 bridgehead atoms. The second-order valence-electron chi connectivity index (χ2n) is 5.59. The van der Waals surface area contributed by atoms with E-state index in [1.54, 1.807) is 9.80 Å². The summed E-state index contributed by atoms with van der Waals surface area (Å²) in [6, 6.07) is 8.26. The first-order valence-corrected chi connectivity index (χ1v) is 7.99. The van der Waals surface area contributed by atoms with E-state index in [0.717, 1.165) is 18.4 Å². The van der Waals surface area contributed by atoms with E-state index in [1.165, 1.54) is 0 Å². The van der Waals surface area contributed by atoms with Gasteiger partial charge in [0, 0.05) is 19.6 Å². The molecule has 0 aromatic heterocycles. The molecule has 120 valence electrons. The molecule has 0 saturated carbocycles. The normalized spacial score (nSPS) is 19.0. The summed E-state index contributed by atoms with van der Waals surface area (Å²) in [4.78, 5) is 28.7. The van der Waals surface area contributed by atoms with Crippen LogP contribution in [0.15, 0.2) is 30.3 Å². The first kappa shape index (κ1) is 16.5. The molecule has 1 fully saturated rings. The van der Waals surface area contributed by atoms with E-state index in [2.05, 4.69) is 0 Å². The SMILES string of the molecule is CCN(CC)C(=O)C1CCCN1C(=O)C(N)c1ccccc1. The lowest BCUT2D eigenvalue weighted by Gasteiger charge is -2.30. The Bertz CT molecular complexity index is 514. The Morgan fingerprint density at radius 2 is 1.91 bits per heavy atom. The maximum Gasteiger partial charge on any atom is 0.245 e. The molecule has 0 spiro atoms. The van der Waals surface area contributed by atoms with E-state index < -0.39 is 6.04 Å². The monoisotopic (exact) mass is 303 g/mol. The maximum absolute atomic E-state index is 12.7. The van der Waals surface area contributed by atoms with Crippen LogP contribution in [-0.4, -0.2) is 47.3 Å². The van der Waals surface area contributed by atoms with Gasteiger partial charge in [-0.1, -0.05) is 30.3 Å². The average molecular weight is 303 g/mol. The topological polar surface area (TPSA) is 66.6 Å². The summed E-state index contributed by atoms with van der Waals surface area (Å²) < 4.78 is 0. The molecule has 1 aliphatic heterocycles. The third-order valence-corrected chi connectivity index (χ3v) is 4.32. The van der Waals surface area contributed by atoms with Gasteiger partial charge in [-0.2, -0.15) is 0 Å². The Hall–Kier alpha value is -1.88. The van der Waals surface area contributed by atoms with Crippen molar-refractivity contribution in [3.05, 3.63) is 35.9 Å². The molecule has 2 amide bonds. The lowest BCUT2D eigenvalue weighted by Crippen LogP contribution is -2.49. The van der Waals surface area contributed by atoms with Crippen LogP contribution < -0.4 is 5.73 Å². The van der Waals surface area contributed by atoms with Crippen LogP contribution in [0, 0.1) is 0 Å². The molecule has 2 unspecified atom stereocenters. The molecule has 0 aliphatic carbocycles. The van der Waals surface area contributed by atoms with Crippen molar-refractivity contribution in [2.24, 2.45) is 5.73 Å². The lowest BCUT2D eigenvalue weighted by molar-refractivity contribution is -0.144. The predicted octanol–water partition coefficient (Wildman–Crippen LogP) is 1.55. The number of carbonyl (C=O) groups excluding carboxylic acids is 2. The molecule has 5 nitrogen and oxygen atoms in total. The molecule has 1 aromatic rings. The maximum atomic E-state index is 12.7. The minimum absolute atomic E-state index is 0.0381. The Balaban J connectivity index is 2.13. The molecule has 22 heavy (non-hydrogen) atoms. The van der Waals surface area contributed by atoms with Crippen LogP contribution >= 0.6 is 0 Å². The summed E-state index contributed by atoms with van der Waals surface area (Å²) in [5.41, 5.74) is 6.89. The molecule has 2 N–H and O–H groups in total. The second-order valence-corrected chi connectivity index (χ2v) is 5.59. The molecule has 1 heterocycles. The summed E-state index contributed by atoms with van der Waals surface area (Å²) in [6.45, 7) is 5.85. The van der Waals surface area contributed by atoms with Crippen LogP contribution in [0.3, 0.4) is 0 Å². The molecule has 5 heteroatoms. The largest absolute Gasteiger partial charge is 0.341 e. The first-order valence-electron chi connectivity index (χ1n) is 7.99. The van der Waals surface area contributed by atoms with Gasteiger partial charge in [-0.25, -0.2) is 0 Å². The van der Waals surface area contributed by atoms with Crippen molar-refractivity contribution in [2.45, 2.75) is 38.8 Å². The highest BCUT2D eigenvalue weighted by Gasteiger charge is 2.37. The Morgan fingerprint density at radius 3 is 2.50 bits per heavy atom. The summed E-state index contributed by atoms with van der Waals surface area (Å²) in [6.07, 6.45) is 1.58. The average Bonchev–Trinajstić information content (AvgIpc) is 3.04. The quantitative estimate of drug-likeness (QED) is 0.897. The van der Waals surface area contributed by atoms with Crippen LogP contribution in [-0.2, 0) is 9.59 Å². The lowest BCUT2D eigenvalue weighted by atomic mass is 10.1. The minimum atomic E-state index is -0.702. The van der Waals surface area contributed by atoms with Crippen LogP contribution in [0.25, 0.3) is 0 Å². The van der Waals surface area contributed by atoms with Crippen LogP contribution in [0.4, 0.5) is 0 Å². The van der Waals surface area contributed by atoms with Gasteiger partial charge in [-0.05, 0) is 32.3 Å². The van der Waals surface area contributed by atoms with Gasteiger partial charge in [-0.15, -0.1) is 0 Å². The zero-order valence-corrected chi connectivity index (χ0v) is 13.4. The van der Waals surface area contributed by atoms with Gasteiger partial charge in [0.15, 0.2) is 0 Å². The van der Waals surface area contributed by atoms with Crippen molar-refractivity contribution in [3.8, 4) is 0 Å². The van der Waals surface area contributed by atoms with Crippen molar-refractivity contribution >= 4 is 11.8 Å². The number of nitrogens with zero attached hydrogens (tertiary/aromatic N) is 2. The number of hydrogen-bond donors (Lipinski definition) is 1. The van der Waals surface area contributed by atoms with Crippen molar-refractivity contribution in [3.63, 3.8) is 0 Å². The Labute approximate surface area is 132 Å². The number of hydrogen-bond acceptors (Lipinski definition) is 3. The number of nitrogens with two attached hydrogens (primary N) is 1. The van der Waals surface area contributed by atoms with Crippen LogP contribution in [0.1, 0.15) is 38.3 Å². The van der Waals surface area contributed by atoms with Gasteiger partial charge in [-0.3, -0.25) is 9.59 Å². The minimum Gasteiger partial charge on any atom is -0.341 e. The highest BCUT2D eigenvalue weighted by molar-refractivity contribution is 5.90. The van der Waals surface area contributed by atoms with E-state index in [9.17, 15) is 9.59 Å². The predicted molar refractivity (Wildman–Crippen MR) is 86.0 cm³/mol. The molecule has 1 aromatic carbocycles. The molecular weight excluding hydrogens is 278 g/mol. The number of likely N-dealkylation sites (tertiary alicyclic amines) is 1. The van der Waals surface area contributed by atoms with Crippen LogP contribution in [0.5, 0.6) is 0 Å². The third-order valence-electron chi connectivity index (χ3n) is 4.32. The fraction of sp³-hybridized carbons (Fsp3) is 0.529. The number of rotatable bonds is 5. The van der Waals surface area contributed by atoms with Gasteiger partial charge in [0.05, 0.1) is 0 Å². The molecule has 0 radical (unpaired) electrons. The third kappa shape index (κ3) is 3.30. The zero-order chi connectivity index (χ0) is 16.1. The van der Waals surface area contributed by atoms with E-state index in [4.69, 9.17) is 5.73 Å². The van der Waals surface area contributed by atoms with Crippen molar-refractivity contribution in [1.82, 2.24) is 9.80 Å². The van der Waals surface area contributed by atoms with Gasteiger partial charge in [0.25, 0.3) is 0 Å². The molecule has 2 rings (SSSR count). The zero-order valence-electron chi connectivity index (χ0n) is 13.4. The number of amides is 2. The van der Waals surface area contributed by atoms with Crippen molar-refractivity contribution in [1.29, 1.82) is 0 Å². The number of benzene rings is 1. The molecule has 1 saturated heterocycles. The van der Waals surface area contributed by atoms with E-state index in [-0.39, 0.29) is 17.9 Å². The standard InChI is InChI=1S/C17H25N3O2/c1-3-19(4-2)16(21)14-11-8-12-20(14)17(22)15(18)13-9-6-5-7-10-13/h5-7,9-10,14-15H,3-4,8,11-12,18H2,1-2H3. The highest BCUT2D eigenvalue weighted by Crippen LogP contribution is 2.23.